The van der Waals surface area contributed by atoms with Crippen LogP contribution in [-0.2, 0) is 12.7 Å². The third kappa shape index (κ3) is 3.63. The first-order valence-electron chi connectivity index (χ1n) is 5.89. The highest BCUT2D eigenvalue weighted by Crippen LogP contribution is 2.36. The van der Waals surface area contributed by atoms with Gasteiger partial charge in [0.25, 0.3) is 0 Å². The number of halogens is 4. The van der Waals surface area contributed by atoms with E-state index in [1.807, 2.05) is 19.1 Å². The lowest BCUT2D eigenvalue weighted by atomic mass is 10.1. The van der Waals surface area contributed by atoms with Crippen molar-refractivity contribution in [2.45, 2.75) is 19.6 Å². The molecule has 0 unspecified atom stereocenters. The van der Waals surface area contributed by atoms with Crippen LogP contribution in [0.1, 0.15) is 17.0 Å². The fourth-order valence-corrected chi connectivity index (χ4v) is 1.96. The number of hydrogen-bond acceptors (Lipinski definition) is 2. The minimum atomic E-state index is -4.45. The number of benzene rings is 1. The van der Waals surface area contributed by atoms with Crippen molar-refractivity contribution >= 4 is 17.3 Å². The minimum absolute atomic E-state index is 0.00907. The Morgan fingerprint density at radius 1 is 1.20 bits per heavy atom. The fraction of sp³-hybridized carbons (Fsp3) is 0.214. The van der Waals surface area contributed by atoms with Crippen LogP contribution in [0.15, 0.2) is 36.4 Å². The molecule has 2 nitrogen and oxygen atoms in total. The Hall–Kier alpha value is -1.75. The number of pyridine rings is 1. The molecule has 0 saturated heterocycles. The Morgan fingerprint density at radius 2 is 1.95 bits per heavy atom. The molecule has 0 atom stereocenters. The van der Waals surface area contributed by atoms with Gasteiger partial charge in [-0.25, -0.2) is 0 Å². The second kappa shape index (κ2) is 5.71. The van der Waals surface area contributed by atoms with Gasteiger partial charge in [-0.1, -0.05) is 17.7 Å². The predicted octanol–water partition coefficient (Wildman–Crippen LogP) is 4.67. The third-order valence-corrected chi connectivity index (χ3v) is 2.93. The van der Waals surface area contributed by atoms with Gasteiger partial charge in [-0.2, -0.15) is 13.2 Å². The molecule has 0 spiro atoms. The Morgan fingerprint density at radius 3 is 2.60 bits per heavy atom. The summed E-state index contributed by atoms with van der Waals surface area (Å²) in [5.74, 6) is 0. The maximum absolute atomic E-state index is 12.9. The highest BCUT2D eigenvalue weighted by Gasteiger charge is 2.33. The van der Waals surface area contributed by atoms with Crippen LogP contribution in [0.2, 0.25) is 5.02 Å². The summed E-state index contributed by atoms with van der Waals surface area (Å²) >= 11 is 5.62. The zero-order valence-electron chi connectivity index (χ0n) is 10.6. The van der Waals surface area contributed by atoms with Gasteiger partial charge < -0.3 is 5.32 Å². The topological polar surface area (TPSA) is 24.9 Å². The van der Waals surface area contributed by atoms with Crippen LogP contribution in [0.25, 0.3) is 0 Å². The lowest BCUT2D eigenvalue weighted by molar-refractivity contribution is -0.136. The van der Waals surface area contributed by atoms with Crippen LogP contribution >= 0.6 is 11.6 Å². The second-order valence-corrected chi connectivity index (χ2v) is 4.75. The molecular weight excluding hydrogens is 289 g/mol. The molecule has 0 aliphatic heterocycles. The highest BCUT2D eigenvalue weighted by molar-refractivity contribution is 6.30. The summed E-state index contributed by atoms with van der Waals surface area (Å²) in [6.45, 7) is 2.04. The van der Waals surface area contributed by atoms with Crippen molar-refractivity contribution in [3.05, 3.63) is 58.4 Å². The number of anilines is 1. The summed E-state index contributed by atoms with van der Waals surface area (Å²) in [6, 6.07) is 9.04. The highest BCUT2D eigenvalue weighted by atomic mass is 35.5. The van der Waals surface area contributed by atoms with E-state index in [2.05, 4.69) is 10.3 Å². The molecule has 6 heteroatoms. The van der Waals surface area contributed by atoms with Gasteiger partial charge in [-0.3, -0.25) is 4.98 Å². The Kier molecular flexibility index (Phi) is 4.18. The molecule has 0 amide bonds. The number of hydrogen-bond donors (Lipinski definition) is 1. The van der Waals surface area contributed by atoms with Crippen LogP contribution in [-0.4, -0.2) is 4.98 Å². The van der Waals surface area contributed by atoms with E-state index in [1.54, 1.807) is 6.07 Å². The number of aromatic nitrogens is 1. The Balaban J connectivity index is 2.21. The quantitative estimate of drug-likeness (QED) is 0.890. The molecule has 0 fully saturated rings. The summed E-state index contributed by atoms with van der Waals surface area (Å²) in [5.41, 5.74) is 0.701. The predicted molar refractivity (Wildman–Crippen MR) is 72.8 cm³/mol. The molecule has 0 aliphatic carbocycles. The summed E-state index contributed by atoms with van der Waals surface area (Å²) in [7, 11) is 0. The minimum Gasteiger partial charge on any atom is -0.379 e. The maximum Gasteiger partial charge on any atom is 0.418 e. The zero-order chi connectivity index (χ0) is 14.8. The van der Waals surface area contributed by atoms with Gasteiger partial charge in [-0.15, -0.1) is 0 Å². The van der Waals surface area contributed by atoms with Crippen LogP contribution in [0.3, 0.4) is 0 Å². The first kappa shape index (κ1) is 14.7. The van der Waals surface area contributed by atoms with Gasteiger partial charge in [0.15, 0.2) is 0 Å². The number of rotatable bonds is 3. The van der Waals surface area contributed by atoms with E-state index in [0.717, 1.165) is 11.8 Å². The summed E-state index contributed by atoms with van der Waals surface area (Å²) in [4.78, 5) is 4.23. The molecule has 1 aromatic heterocycles. The maximum atomic E-state index is 12.9. The lowest BCUT2D eigenvalue weighted by Crippen LogP contribution is -2.11. The van der Waals surface area contributed by atoms with Gasteiger partial charge in [-0.05, 0) is 37.3 Å². The molecule has 1 heterocycles. The summed E-state index contributed by atoms with van der Waals surface area (Å²) in [6.07, 6.45) is -4.45. The molecule has 2 rings (SSSR count). The van der Waals surface area contributed by atoms with Crippen LogP contribution < -0.4 is 5.32 Å². The number of nitrogens with zero attached hydrogens (tertiary/aromatic N) is 1. The number of alkyl halides is 3. The van der Waals surface area contributed by atoms with Gasteiger partial charge >= 0.3 is 6.18 Å². The Bertz CT molecular complexity index is 612. The number of nitrogens with one attached hydrogen (secondary N) is 1. The molecular formula is C14H12ClF3N2. The van der Waals surface area contributed by atoms with Crippen molar-refractivity contribution in [3.63, 3.8) is 0 Å². The molecule has 2 aromatic rings. The molecule has 20 heavy (non-hydrogen) atoms. The molecule has 0 radical (unpaired) electrons. The molecule has 0 saturated carbocycles. The normalized spacial score (nSPS) is 11.4. The van der Waals surface area contributed by atoms with Gasteiger partial charge in [0, 0.05) is 16.4 Å². The molecule has 0 aliphatic rings. The first-order chi connectivity index (χ1) is 9.36. The average Bonchev–Trinajstić information content (AvgIpc) is 2.36. The average molecular weight is 301 g/mol. The van der Waals surface area contributed by atoms with Crippen molar-refractivity contribution in [2.75, 3.05) is 5.32 Å². The van der Waals surface area contributed by atoms with Gasteiger partial charge in [0.05, 0.1) is 17.8 Å². The molecule has 106 valence electrons. The van der Waals surface area contributed by atoms with Crippen molar-refractivity contribution in [1.29, 1.82) is 0 Å². The van der Waals surface area contributed by atoms with Crippen molar-refractivity contribution < 1.29 is 13.2 Å². The summed E-state index contributed by atoms with van der Waals surface area (Å²) < 4.78 is 38.7. The lowest BCUT2D eigenvalue weighted by Gasteiger charge is -2.14. The monoisotopic (exact) mass is 300 g/mol. The van der Waals surface area contributed by atoms with E-state index < -0.39 is 11.7 Å². The van der Waals surface area contributed by atoms with Crippen molar-refractivity contribution in [2.24, 2.45) is 0 Å². The van der Waals surface area contributed by atoms with E-state index in [1.165, 1.54) is 12.1 Å². The van der Waals surface area contributed by atoms with Gasteiger partial charge in [0.1, 0.15) is 0 Å². The van der Waals surface area contributed by atoms with Crippen molar-refractivity contribution in [1.82, 2.24) is 4.98 Å². The second-order valence-electron chi connectivity index (χ2n) is 4.31. The van der Waals surface area contributed by atoms with E-state index in [-0.39, 0.29) is 17.3 Å². The van der Waals surface area contributed by atoms with Gasteiger partial charge in [0.2, 0.25) is 0 Å². The SMILES string of the molecule is Cc1cccc(CNc2ccc(Cl)cc2C(F)(F)F)n1. The smallest absolute Gasteiger partial charge is 0.379 e. The van der Waals surface area contributed by atoms with E-state index in [4.69, 9.17) is 11.6 Å². The van der Waals surface area contributed by atoms with E-state index >= 15 is 0 Å². The van der Waals surface area contributed by atoms with Crippen LogP contribution in [0.4, 0.5) is 18.9 Å². The first-order valence-corrected chi connectivity index (χ1v) is 6.27. The molecule has 0 bridgehead atoms. The fourth-order valence-electron chi connectivity index (χ4n) is 1.79. The summed E-state index contributed by atoms with van der Waals surface area (Å²) in [5, 5.41) is 2.80. The zero-order valence-corrected chi connectivity index (χ0v) is 11.4. The van der Waals surface area contributed by atoms with Crippen molar-refractivity contribution in [3.8, 4) is 0 Å². The van der Waals surface area contributed by atoms with Crippen LogP contribution in [0, 0.1) is 6.92 Å². The van der Waals surface area contributed by atoms with Crippen LogP contribution in [0.5, 0.6) is 0 Å². The number of aryl methyl sites for hydroxylation is 1. The largest absolute Gasteiger partial charge is 0.418 e. The standard InChI is InChI=1S/C14H12ClF3N2/c1-9-3-2-4-11(20-9)8-19-13-6-5-10(15)7-12(13)14(16,17)18/h2-7,19H,8H2,1H3. The molecule has 1 N–H and O–H groups in total. The molecule has 1 aromatic carbocycles. The Labute approximate surface area is 119 Å². The third-order valence-electron chi connectivity index (χ3n) is 2.69. The van der Waals surface area contributed by atoms with E-state index in [9.17, 15) is 13.2 Å². The van der Waals surface area contributed by atoms with E-state index in [0.29, 0.717) is 5.69 Å².